The zero-order valence-corrected chi connectivity index (χ0v) is 10.0. The Morgan fingerprint density at radius 2 is 1.94 bits per heavy atom. The van der Waals surface area contributed by atoms with Crippen molar-refractivity contribution in [3.8, 4) is 11.1 Å². The van der Waals surface area contributed by atoms with Crippen molar-refractivity contribution in [2.24, 2.45) is 7.05 Å². The molecule has 0 aliphatic heterocycles. The van der Waals surface area contributed by atoms with Crippen LogP contribution in [-0.4, -0.2) is 9.78 Å². The Labute approximate surface area is 101 Å². The average Bonchev–Trinajstić information content (AvgIpc) is 2.76. The van der Waals surface area contributed by atoms with Gasteiger partial charge in [-0.25, -0.2) is 0 Å². The summed E-state index contributed by atoms with van der Waals surface area (Å²) in [6.45, 7) is 2.14. The first-order valence-corrected chi connectivity index (χ1v) is 5.72. The molecule has 17 heavy (non-hydrogen) atoms. The molecule has 2 heteroatoms. The molecule has 0 spiro atoms. The second-order valence-electron chi connectivity index (χ2n) is 4.41. The van der Waals surface area contributed by atoms with E-state index in [1.807, 2.05) is 24.1 Å². The van der Waals surface area contributed by atoms with Gasteiger partial charge in [-0.2, -0.15) is 5.10 Å². The first-order valence-electron chi connectivity index (χ1n) is 5.72. The minimum atomic E-state index is 1.16. The van der Waals surface area contributed by atoms with Crippen LogP contribution in [0.15, 0.2) is 48.8 Å². The number of rotatable bonds is 1. The van der Waals surface area contributed by atoms with Crippen LogP contribution in [0.25, 0.3) is 21.9 Å². The van der Waals surface area contributed by atoms with Crippen LogP contribution >= 0.6 is 0 Å². The van der Waals surface area contributed by atoms with Crippen LogP contribution in [-0.2, 0) is 7.05 Å². The molecule has 84 valence electrons. The van der Waals surface area contributed by atoms with Gasteiger partial charge < -0.3 is 0 Å². The van der Waals surface area contributed by atoms with Gasteiger partial charge in [0.25, 0.3) is 0 Å². The Morgan fingerprint density at radius 1 is 1.06 bits per heavy atom. The Kier molecular flexibility index (Phi) is 2.22. The first kappa shape index (κ1) is 10.1. The third-order valence-electron chi connectivity index (χ3n) is 3.14. The predicted octanol–water partition coefficient (Wildman–Crippen LogP) is 3.55. The highest BCUT2D eigenvalue weighted by Crippen LogP contribution is 2.25. The smallest absolute Gasteiger partial charge is 0.0568 e. The molecule has 0 aliphatic rings. The van der Waals surface area contributed by atoms with E-state index in [9.17, 15) is 0 Å². The van der Waals surface area contributed by atoms with Crippen LogP contribution < -0.4 is 0 Å². The summed E-state index contributed by atoms with van der Waals surface area (Å²) in [7, 11) is 1.94. The van der Waals surface area contributed by atoms with Gasteiger partial charge in [-0.3, -0.25) is 4.68 Å². The molecule has 0 aliphatic carbocycles. The molecule has 1 heterocycles. The number of aryl methyl sites for hydroxylation is 2. The predicted molar refractivity (Wildman–Crippen MR) is 70.9 cm³/mol. The van der Waals surface area contributed by atoms with Crippen molar-refractivity contribution in [2.75, 3.05) is 0 Å². The minimum absolute atomic E-state index is 1.16. The Hall–Kier alpha value is -2.09. The second-order valence-corrected chi connectivity index (χ2v) is 4.41. The normalized spacial score (nSPS) is 10.9. The molecule has 0 bridgehead atoms. The molecule has 0 unspecified atom stereocenters. The van der Waals surface area contributed by atoms with Gasteiger partial charge in [0.2, 0.25) is 0 Å². The molecular weight excluding hydrogens is 208 g/mol. The van der Waals surface area contributed by atoms with E-state index in [0.29, 0.717) is 0 Å². The van der Waals surface area contributed by atoms with Crippen molar-refractivity contribution in [1.82, 2.24) is 9.78 Å². The average molecular weight is 222 g/mol. The molecule has 2 nitrogen and oxygen atoms in total. The van der Waals surface area contributed by atoms with E-state index in [1.54, 1.807) is 0 Å². The highest BCUT2D eigenvalue weighted by Gasteiger charge is 2.02. The van der Waals surface area contributed by atoms with Gasteiger partial charge in [0, 0.05) is 18.8 Å². The van der Waals surface area contributed by atoms with Crippen LogP contribution in [0.2, 0.25) is 0 Å². The summed E-state index contributed by atoms with van der Waals surface area (Å²) in [6.07, 6.45) is 3.94. The van der Waals surface area contributed by atoms with E-state index in [2.05, 4.69) is 48.4 Å². The number of hydrogen-bond acceptors (Lipinski definition) is 1. The molecule has 1 aromatic heterocycles. The fraction of sp³-hybridized carbons (Fsp3) is 0.133. The summed E-state index contributed by atoms with van der Waals surface area (Å²) in [5, 5.41) is 6.81. The topological polar surface area (TPSA) is 17.8 Å². The zero-order chi connectivity index (χ0) is 11.8. The lowest BCUT2D eigenvalue weighted by Crippen LogP contribution is -1.84. The van der Waals surface area contributed by atoms with Gasteiger partial charge in [-0.05, 0) is 34.9 Å². The van der Waals surface area contributed by atoms with E-state index < -0.39 is 0 Å². The largest absolute Gasteiger partial charge is 0.275 e. The SMILES string of the molecule is Cc1cccc2cc(-c3cnn(C)c3)ccc12. The van der Waals surface area contributed by atoms with E-state index in [-0.39, 0.29) is 0 Å². The fourth-order valence-corrected chi connectivity index (χ4v) is 2.20. The molecular formula is C15H14N2. The quantitative estimate of drug-likeness (QED) is 0.615. The Bertz CT molecular complexity index is 680. The van der Waals surface area contributed by atoms with Crippen LogP contribution in [0.4, 0.5) is 0 Å². The zero-order valence-electron chi connectivity index (χ0n) is 10.0. The molecule has 3 aromatic rings. The maximum Gasteiger partial charge on any atom is 0.0568 e. The van der Waals surface area contributed by atoms with Gasteiger partial charge >= 0.3 is 0 Å². The lowest BCUT2D eigenvalue weighted by atomic mass is 10.0. The summed E-state index contributed by atoms with van der Waals surface area (Å²) in [5.74, 6) is 0. The van der Waals surface area contributed by atoms with Gasteiger partial charge in [-0.1, -0.05) is 30.3 Å². The third kappa shape index (κ3) is 1.72. The highest BCUT2D eigenvalue weighted by atomic mass is 15.2. The van der Waals surface area contributed by atoms with Gasteiger partial charge in [0.1, 0.15) is 0 Å². The number of benzene rings is 2. The summed E-state index contributed by atoms with van der Waals surface area (Å²) >= 11 is 0. The molecule has 0 saturated heterocycles. The van der Waals surface area contributed by atoms with Gasteiger partial charge in [0.05, 0.1) is 6.20 Å². The molecule has 2 aromatic carbocycles. The van der Waals surface area contributed by atoms with Crippen LogP contribution in [0, 0.1) is 6.92 Å². The molecule has 0 fully saturated rings. The molecule has 3 rings (SSSR count). The standard InChI is InChI=1S/C15H14N2/c1-11-4-3-5-13-8-12(6-7-15(11)13)14-9-16-17(2)10-14/h3-10H,1-2H3. The van der Waals surface area contributed by atoms with Crippen molar-refractivity contribution in [3.05, 3.63) is 54.4 Å². The van der Waals surface area contributed by atoms with E-state index in [4.69, 9.17) is 0 Å². The van der Waals surface area contributed by atoms with Crippen LogP contribution in [0.5, 0.6) is 0 Å². The van der Waals surface area contributed by atoms with Gasteiger partial charge in [-0.15, -0.1) is 0 Å². The fourth-order valence-electron chi connectivity index (χ4n) is 2.20. The lowest BCUT2D eigenvalue weighted by Gasteiger charge is -2.04. The maximum atomic E-state index is 4.21. The maximum absolute atomic E-state index is 4.21. The third-order valence-corrected chi connectivity index (χ3v) is 3.14. The van der Waals surface area contributed by atoms with E-state index >= 15 is 0 Å². The molecule has 0 saturated carbocycles. The number of hydrogen-bond donors (Lipinski definition) is 0. The number of aromatic nitrogens is 2. The van der Waals surface area contributed by atoms with Gasteiger partial charge in [0.15, 0.2) is 0 Å². The van der Waals surface area contributed by atoms with E-state index in [0.717, 1.165) is 5.56 Å². The molecule has 0 atom stereocenters. The second kappa shape index (κ2) is 3.74. The van der Waals surface area contributed by atoms with Crippen molar-refractivity contribution in [3.63, 3.8) is 0 Å². The van der Waals surface area contributed by atoms with Crippen LogP contribution in [0.1, 0.15) is 5.56 Å². The summed E-state index contributed by atoms with van der Waals surface area (Å²) in [6, 6.07) is 13.0. The Morgan fingerprint density at radius 3 is 2.71 bits per heavy atom. The monoisotopic (exact) mass is 222 g/mol. The summed E-state index contributed by atoms with van der Waals surface area (Å²) in [5.41, 5.74) is 3.70. The van der Waals surface area contributed by atoms with Crippen molar-refractivity contribution >= 4 is 10.8 Å². The van der Waals surface area contributed by atoms with Crippen molar-refractivity contribution in [2.45, 2.75) is 6.92 Å². The number of nitrogens with zero attached hydrogens (tertiary/aromatic N) is 2. The molecule has 0 N–H and O–H groups in total. The van der Waals surface area contributed by atoms with Crippen LogP contribution in [0.3, 0.4) is 0 Å². The summed E-state index contributed by atoms with van der Waals surface area (Å²) in [4.78, 5) is 0. The Balaban J connectivity index is 2.20. The lowest BCUT2D eigenvalue weighted by molar-refractivity contribution is 0.768. The number of fused-ring (bicyclic) bond motifs is 1. The minimum Gasteiger partial charge on any atom is -0.275 e. The highest BCUT2D eigenvalue weighted by molar-refractivity contribution is 5.89. The molecule has 0 radical (unpaired) electrons. The molecule has 0 amide bonds. The van der Waals surface area contributed by atoms with Crippen molar-refractivity contribution < 1.29 is 0 Å². The van der Waals surface area contributed by atoms with E-state index in [1.165, 1.54) is 21.9 Å². The summed E-state index contributed by atoms with van der Waals surface area (Å²) < 4.78 is 1.83. The van der Waals surface area contributed by atoms with Crippen molar-refractivity contribution in [1.29, 1.82) is 0 Å². The first-order chi connectivity index (χ1) is 8.24.